The molecular formula is C23H16N4O2S. The van der Waals surface area contributed by atoms with Crippen LogP contribution in [0.5, 0.6) is 0 Å². The molecule has 2 aromatic carbocycles. The molecule has 146 valence electrons. The fourth-order valence-corrected chi connectivity index (χ4v) is 4.34. The van der Waals surface area contributed by atoms with Crippen LogP contribution in [0.15, 0.2) is 71.9 Å². The molecule has 0 saturated heterocycles. The van der Waals surface area contributed by atoms with Gasteiger partial charge in [0.2, 0.25) is 0 Å². The first-order valence-electron chi connectivity index (χ1n) is 9.33. The Kier molecular flexibility index (Phi) is 4.37. The SMILES string of the molecule is Cc1nc2ccc(NC(=O)c3cc(-c4cncc5ccccc45)c[nH]c3=O)cc2s1. The van der Waals surface area contributed by atoms with Crippen LogP contribution in [0.1, 0.15) is 15.4 Å². The van der Waals surface area contributed by atoms with Gasteiger partial charge in [-0.2, -0.15) is 0 Å². The van der Waals surface area contributed by atoms with Crippen molar-refractivity contribution >= 4 is 43.9 Å². The van der Waals surface area contributed by atoms with E-state index in [1.807, 2.05) is 43.3 Å². The molecule has 5 aromatic rings. The minimum atomic E-state index is -0.466. The van der Waals surface area contributed by atoms with Gasteiger partial charge in [-0.05, 0) is 36.6 Å². The number of aryl methyl sites for hydroxylation is 1. The number of benzene rings is 2. The van der Waals surface area contributed by atoms with Crippen LogP contribution in [-0.4, -0.2) is 20.9 Å². The van der Waals surface area contributed by atoms with Crippen LogP contribution in [-0.2, 0) is 0 Å². The molecule has 7 heteroatoms. The standard InChI is InChI=1S/C23H16N4O2S/c1-13-26-20-7-6-16(9-21(20)30-13)27-23(29)18-8-15(11-25-22(18)28)19-12-24-10-14-4-2-3-5-17(14)19/h2-12H,1H3,(H,25,28)(H,27,29). The summed E-state index contributed by atoms with van der Waals surface area (Å²) in [6.07, 6.45) is 5.13. The number of nitrogens with one attached hydrogen (secondary N) is 2. The first-order chi connectivity index (χ1) is 14.6. The van der Waals surface area contributed by atoms with Crippen LogP contribution < -0.4 is 10.9 Å². The summed E-state index contributed by atoms with van der Waals surface area (Å²) in [5.41, 5.74) is 2.67. The van der Waals surface area contributed by atoms with Crippen LogP contribution in [0.25, 0.3) is 32.1 Å². The number of hydrogen-bond donors (Lipinski definition) is 2. The molecule has 0 saturated carbocycles. The number of aromatic amines is 1. The van der Waals surface area contributed by atoms with E-state index in [1.54, 1.807) is 42.1 Å². The molecular weight excluding hydrogens is 396 g/mol. The normalized spacial score (nSPS) is 11.1. The lowest BCUT2D eigenvalue weighted by atomic mass is 10.0. The van der Waals surface area contributed by atoms with Crippen LogP contribution >= 0.6 is 11.3 Å². The Morgan fingerprint density at radius 1 is 1.10 bits per heavy atom. The number of H-pyrrole nitrogens is 1. The minimum absolute atomic E-state index is 0.0426. The summed E-state index contributed by atoms with van der Waals surface area (Å²) in [5, 5.41) is 5.76. The van der Waals surface area contributed by atoms with Crippen molar-refractivity contribution in [1.82, 2.24) is 15.0 Å². The molecule has 0 aliphatic carbocycles. The molecule has 2 N–H and O–H groups in total. The highest BCUT2D eigenvalue weighted by Gasteiger charge is 2.14. The Labute approximate surface area is 175 Å². The van der Waals surface area contributed by atoms with Crippen LogP contribution in [0, 0.1) is 6.92 Å². The van der Waals surface area contributed by atoms with Gasteiger partial charge < -0.3 is 10.3 Å². The number of pyridine rings is 2. The predicted octanol–water partition coefficient (Wildman–Crippen LogP) is 4.76. The highest BCUT2D eigenvalue weighted by molar-refractivity contribution is 7.18. The summed E-state index contributed by atoms with van der Waals surface area (Å²) in [7, 11) is 0. The average Bonchev–Trinajstić information content (AvgIpc) is 3.13. The summed E-state index contributed by atoms with van der Waals surface area (Å²) in [5.74, 6) is -0.466. The van der Waals surface area contributed by atoms with E-state index in [9.17, 15) is 9.59 Å². The largest absolute Gasteiger partial charge is 0.328 e. The number of fused-ring (bicyclic) bond motifs is 2. The zero-order valence-electron chi connectivity index (χ0n) is 16.0. The highest BCUT2D eigenvalue weighted by atomic mass is 32.1. The fourth-order valence-electron chi connectivity index (χ4n) is 3.47. The van der Waals surface area contributed by atoms with Crippen molar-refractivity contribution in [1.29, 1.82) is 0 Å². The number of carbonyl (C=O) groups is 1. The second kappa shape index (κ2) is 7.20. The van der Waals surface area contributed by atoms with E-state index in [1.165, 1.54) is 0 Å². The number of aromatic nitrogens is 3. The van der Waals surface area contributed by atoms with E-state index < -0.39 is 11.5 Å². The Bertz CT molecular complexity index is 1480. The average molecular weight is 412 g/mol. The number of anilines is 1. The van der Waals surface area contributed by atoms with E-state index in [2.05, 4.69) is 20.3 Å². The number of carbonyl (C=O) groups excluding carboxylic acids is 1. The predicted molar refractivity (Wildman–Crippen MR) is 120 cm³/mol. The highest BCUT2D eigenvalue weighted by Crippen LogP contribution is 2.28. The van der Waals surface area contributed by atoms with Crippen molar-refractivity contribution in [3.8, 4) is 11.1 Å². The van der Waals surface area contributed by atoms with Crippen molar-refractivity contribution in [2.45, 2.75) is 6.92 Å². The Morgan fingerprint density at radius 3 is 2.87 bits per heavy atom. The lowest BCUT2D eigenvalue weighted by molar-refractivity contribution is 0.102. The Hall–Kier alpha value is -3.84. The summed E-state index contributed by atoms with van der Waals surface area (Å²) in [4.78, 5) is 36.6. The van der Waals surface area contributed by atoms with Gasteiger partial charge in [0.05, 0.1) is 15.2 Å². The molecule has 0 radical (unpaired) electrons. The second-order valence-corrected chi connectivity index (χ2v) is 8.14. The maximum Gasteiger partial charge on any atom is 0.261 e. The molecule has 0 aliphatic heterocycles. The van der Waals surface area contributed by atoms with E-state index in [0.717, 1.165) is 37.1 Å². The molecule has 0 bridgehead atoms. The van der Waals surface area contributed by atoms with Gasteiger partial charge in [0.25, 0.3) is 11.5 Å². The first kappa shape index (κ1) is 18.2. The van der Waals surface area contributed by atoms with Gasteiger partial charge in [-0.25, -0.2) is 4.98 Å². The van der Waals surface area contributed by atoms with E-state index >= 15 is 0 Å². The van der Waals surface area contributed by atoms with Gasteiger partial charge in [-0.3, -0.25) is 14.6 Å². The lowest BCUT2D eigenvalue weighted by Gasteiger charge is -2.09. The number of thiazole rings is 1. The van der Waals surface area contributed by atoms with Crippen molar-refractivity contribution in [2.75, 3.05) is 5.32 Å². The third kappa shape index (κ3) is 3.25. The summed E-state index contributed by atoms with van der Waals surface area (Å²) in [6, 6.07) is 15.0. The van der Waals surface area contributed by atoms with Gasteiger partial charge in [0.15, 0.2) is 0 Å². The van der Waals surface area contributed by atoms with Crippen LogP contribution in [0.3, 0.4) is 0 Å². The van der Waals surface area contributed by atoms with Crippen molar-refractivity contribution in [3.05, 3.63) is 88.0 Å². The molecule has 3 heterocycles. The first-order valence-corrected chi connectivity index (χ1v) is 10.1. The third-order valence-corrected chi connectivity index (χ3v) is 5.81. The van der Waals surface area contributed by atoms with Crippen molar-refractivity contribution in [3.63, 3.8) is 0 Å². The molecule has 0 unspecified atom stereocenters. The van der Waals surface area contributed by atoms with E-state index in [4.69, 9.17) is 0 Å². The zero-order chi connectivity index (χ0) is 20.7. The third-order valence-electron chi connectivity index (χ3n) is 4.88. The fraction of sp³-hybridized carbons (Fsp3) is 0.0435. The van der Waals surface area contributed by atoms with Gasteiger partial charge >= 0.3 is 0 Å². The van der Waals surface area contributed by atoms with Crippen LogP contribution in [0.4, 0.5) is 5.69 Å². The van der Waals surface area contributed by atoms with Crippen molar-refractivity contribution < 1.29 is 4.79 Å². The van der Waals surface area contributed by atoms with E-state index in [0.29, 0.717) is 5.69 Å². The number of hydrogen-bond acceptors (Lipinski definition) is 5. The second-order valence-electron chi connectivity index (χ2n) is 6.91. The monoisotopic (exact) mass is 412 g/mol. The topological polar surface area (TPSA) is 87.7 Å². The quantitative estimate of drug-likeness (QED) is 0.447. The van der Waals surface area contributed by atoms with Gasteiger partial charge in [0, 0.05) is 40.8 Å². The summed E-state index contributed by atoms with van der Waals surface area (Å²) < 4.78 is 0.981. The number of rotatable bonds is 3. The van der Waals surface area contributed by atoms with Gasteiger partial charge in [0.1, 0.15) is 5.56 Å². The summed E-state index contributed by atoms with van der Waals surface area (Å²) >= 11 is 1.56. The zero-order valence-corrected chi connectivity index (χ0v) is 16.8. The lowest BCUT2D eigenvalue weighted by Crippen LogP contribution is -2.23. The number of nitrogens with zero attached hydrogens (tertiary/aromatic N) is 2. The van der Waals surface area contributed by atoms with E-state index in [-0.39, 0.29) is 5.56 Å². The molecule has 0 spiro atoms. The molecule has 3 aromatic heterocycles. The molecule has 0 aliphatic rings. The molecule has 30 heavy (non-hydrogen) atoms. The molecule has 0 atom stereocenters. The maximum absolute atomic E-state index is 12.9. The molecule has 5 rings (SSSR count). The number of amides is 1. The maximum atomic E-state index is 12.9. The molecule has 1 amide bonds. The Balaban J connectivity index is 1.52. The van der Waals surface area contributed by atoms with Crippen molar-refractivity contribution in [2.24, 2.45) is 0 Å². The van der Waals surface area contributed by atoms with Gasteiger partial charge in [-0.1, -0.05) is 24.3 Å². The summed E-state index contributed by atoms with van der Waals surface area (Å²) in [6.45, 7) is 1.94. The smallest absolute Gasteiger partial charge is 0.261 e. The molecule has 6 nitrogen and oxygen atoms in total. The molecule has 0 fully saturated rings. The minimum Gasteiger partial charge on any atom is -0.328 e. The Morgan fingerprint density at radius 2 is 1.97 bits per heavy atom. The van der Waals surface area contributed by atoms with Crippen LogP contribution in [0.2, 0.25) is 0 Å². The van der Waals surface area contributed by atoms with Gasteiger partial charge in [-0.15, -0.1) is 11.3 Å².